The Labute approximate surface area is 115 Å². The van der Waals surface area contributed by atoms with Gasteiger partial charge in [0.15, 0.2) is 0 Å². The number of hydrogen-bond donors (Lipinski definition) is 3. The summed E-state index contributed by atoms with van der Waals surface area (Å²) in [6.45, 7) is 4.77. The molecule has 2 amide bonds. The highest BCUT2D eigenvalue weighted by molar-refractivity contribution is 7.11. The zero-order valence-electron chi connectivity index (χ0n) is 10.9. The Morgan fingerprint density at radius 1 is 1.26 bits per heavy atom. The van der Waals surface area contributed by atoms with Crippen LogP contribution in [0.4, 0.5) is 16.2 Å². The molecule has 0 aliphatic rings. The average molecular weight is 276 g/mol. The summed E-state index contributed by atoms with van der Waals surface area (Å²) in [5.41, 5.74) is 7.79. The maximum atomic E-state index is 10.7. The van der Waals surface area contributed by atoms with E-state index in [0.717, 1.165) is 22.9 Å². The van der Waals surface area contributed by atoms with Crippen LogP contribution in [0.1, 0.15) is 15.6 Å². The number of primary amides is 1. The number of aromatic nitrogens is 1. The van der Waals surface area contributed by atoms with E-state index < -0.39 is 6.03 Å². The minimum absolute atomic E-state index is 0.559. The van der Waals surface area contributed by atoms with Crippen LogP contribution >= 0.6 is 11.3 Å². The molecule has 1 aromatic carbocycles. The first-order valence-electron chi connectivity index (χ1n) is 5.88. The van der Waals surface area contributed by atoms with E-state index in [1.54, 1.807) is 23.5 Å². The van der Waals surface area contributed by atoms with Crippen LogP contribution in [0.3, 0.4) is 0 Å². The van der Waals surface area contributed by atoms with Gasteiger partial charge in [-0.25, -0.2) is 9.78 Å². The molecule has 0 atom stereocenters. The van der Waals surface area contributed by atoms with E-state index in [1.165, 1.54) is 4.88 Å². The van der Waals surface area contributed by atoms with Crippen molar-refractivity contribution in [1.29, 1.82) is 0 Å². The van der Waals surface area contributed by atoms with Crippen LogP contribution in [0.25, 0.3) is 0 Å². The van der Waals surface area contributed by atoms with Gasteiger partial charge in [0.05, 0.1) is 17.2 Å². The molecular formula is C13H16N4OS. The van der Waals surface area contributed by atoms with Crippen LogP contribution in [0, 0.1) is 13.8 Å². The molecule has 0 aliphatic heterocycles. The first-order valence-corrected chi connectivity index (χ1v) is 6.69. The molecule has 0 radical (unpaired) electrons. The van der Waals surface area contributed by atoms with E-state index in [1.807, 2.05) is 26.0 Å². The fraction of sp³-hybridized carbons (Fsp3) is 0.231. The molecular weight excluding hydrogens is 260 g/mol. The van der Waals surface area contributed by atoms with E-state index in [2.05, 4.69) is 15.6 Å². The Bertz CT molecular complexity index is 577. The molecule has 0 bridgehead atoms. The van der Waals surface area contributed by atoms with Gasteiger partial charge in [-0.2, -0.15) is 0 Å². The molecule has 0 spiro atoms. The molecule has 100 valence electrons. The van der Waals surface area contributed by atoms with Crippen molar-refractivity contribution in [2.75, 3.05) is 10.6 Å². The molecule has 0 fully saturated rings. The maximum Gasteiger partial charge on any atom is 0.316 e. The predicted molar refractivity (Wildman–Crippen MR) is 78.6 cm³/mol. The van der Waals surface area contributed by atoms with E-state index in [-0.39, 0.29) is 0 Å². The fourth-order valence-electron chi connectivity index (χ4n) is 1.73. The number of hydrogen-bond acceptors (Lipinski definition) is 4. The lowest BCUT2D eigenvalue weighted by atomic mass is 10.2. The first-order chi connectivity index (χ1) is 9.04. The smallest absolute Gasteiger partial charge is 0.316 e. The monoisotopic (exact) mass is 276 g/mol. The molecule has 0 unspecified atom stereocenters. The fourth-order valence-corrected chi connectivity index (χ4v) is 2.61. The highest BCUT2D eigenvalue weighted by Gasteiger charge is 2.04. The number of rotatable bonds is 4. The number of benzene rings is 1. The molecule has 6 heteroatoms. The minimum atomic E-state index is -0.559. The van der Waals surface area contributed by atoms with Gasteiger partial charge < -0.3 is 16.4 Å². The van der Waals surface area contributed by atoms with Gasteiger partial charge >= 0.3 is 6.03 Å². The molecule has 2 rings (SSSR count). The van der Waals surface area contributed by atoms with Crippen molar-refractivity contribution in [2.24, 2.45) is 5.73 Å². The van der Waals surface area contributed by atoms with Crippen LogP contribution < -0.4 is 16.4 Å². The summed E-state index contributed by atoms with van der Waals surface area (Å²) in [6, 6.07) is 6.84. The summed E-state index contributed by atoms with van der Waals surface area (Å²) in [7, 11) is 0. The van der Waals surface area contributed by atoms with Crippen molar-refractivity contribution in [3.8, 4) is 0 Å². The third-order valence-electron chi connectivity index (χ3n) is 2.61. The van der Waals surface area contributed by atoms with Crippen molar-refractivity contribution in [1.82, 2.24) is 4.98 Å². The minimum Gasteiger partial charge on any atom is -0.380 e. The molecule has 0 saturated carbocycles. The van der Waals surface area contributed by atoms with Gasteiger partial charge in [0.2, 0.25) is 0 Å². The largest absolute Gasteiger partial charge is 0.380 e. The summed E-state index contributed by atoms with van der Waals surface area (Å²) in [4.78, 5) is 16.3. The molecule has 4 N–H and O–H groups in total. The second-order valence-electron chi connectivity index (χ2n) is 4.16. The number of anilines is 2. The van der Waals surface area contributed by atoms with Crippen molar-refractivity contribution < 1.29 is 4.79 Å². The molecule has 1 heterocycles. The summed E-state index contributed by atoms with van der Waals surface area (Å²) >= 11 is 1.70. The zero-order valence-corrected chi connectivity index (χ0v) is 11.7. The Balaban J connectivity index is 1.96. The SMILES string of the molecule is Cc1nc(C)c(CNc2ccc(NC(N)=O)cc2)s1. The highest BCUT2D eigenvalue weighted by Crippen LogP contribution is 2.19. The highest BCUT2D eigenvalue weighted by atomic mass is 32.1. The lowest BCUT2D eigenvalue weighted by Crippen LogP contribution is -2.19. The van der Waals surface area contributed by atoms with Crippen molar-refractivity contribution in [3.05, 3.63) is 39.8 Å². The first kappa shape index (κ1) is 13.4. The molecule has 0 saturated heterocycles. The van der Waals surface area contributed by atoms with Crippen molar-refractivity contribution >= 4 is 28.7 Å². The summed E-state index contributed by atoms with van der Waals surface area (Å²) in [5.74, 6) is 0. The second kappa shape index (κ2) is 5.71. The van der Waals surface area contributed by atoms with Gasteiger partial charge in [-0.05, 0) is 38.1 Å². The number of amides is 2. The van der Waals surface area contributed by atoms with Gasteiger partial charge in [0.1, 0.15) is 0 Å². The van der Waals surface area contributed by atoms with E-state index in [9.17, 15) is 4.79 Å². The Morgan fingerprint density at radius 3 is 2.42 bits per heavy atom. The average Bonchev–Trinajstić information content (AvgIpc) is 2.66. The standard InChI is InChI=1S/C13H16N4OS/c1-8-12(19-9(2)16-8)7-15-10-3-5-11(6-4-10)17-13(14)18/h3-6,15H,7H2,1-2H3,(H3,14,17,18). The number of thiazole rings is 1. The second-order valence-corrected chi connectivity index (χ2v) is 5.45. The van der Waals surface area contributed by atoms with Gasteiger partial charge in [0, 0.05) is 16.3 Å². The number of aryl methyl sites for hydroxylation is 2. The Kier molecular flexibility index (Phi) is 4.01. The topological polar surface area (TPSA) is 80.0 Å². The van der Waals surface area contributed by atoms with Gasteiger partial charge in [-0.15, -0.1) is 11.3 Å². The number of nitrogens with zero attached hydrogens (tertiary/aromatic N) is 1. The van der Waals surface area contributed by atoms with Gasteiger partial charge in [-0.3, -0.25) is 0 Å². The molecule has 2 aromatic rings. The quantitative estimate of drug-likeness (QED) is 0.803. The summed E-state index contributed by atoms with van der Waals surface area (Å²) < 4.78 is 0. The van der Waals surface area contributed by atoms with Crippen molar-refractivity contribution in [2.45, 2.75) is 20.4 Å². The number of carbonyl (C=O) groups excluding carboxylic acids is 1. The lowest BCUT2D eigenvalue weighted by Gasteiger charge is -2.07. The van der Waals surface area contributed by atoms with Crippen LogP contribution in [0.5, 0.6) is 0 Å². The molecule has 0 aliphatic carbocycles. The summed E-state index contributed by atoms with van der Waals surface area (Å²) in [5, 5.41) is 6.92. The number of nitrogens with two attached hydrogens (primary N) is 1. The molecule has 19 heavy (non-hydrogen) atoms. The molecule has 1 aromatic heterocycles. The van der Waals surface area contributed by atoms with Crippen LogP contribution in [-0.4, -0.2) is 11.0 Å². The zero-order chi connectivity index (χ0) is 13.8. The predicted octanol–water partition coefficient (Wildman–Crippen LogP) is 2.86. The van der Waals surface area contributed by atoms with Gasteiger partial charge in [-0.1, -0.05) is 0 Å². The number of carbonyl (C=O) groups is 1. The van der Waals surface area contributed by atoms with E-state index >= 15 is 0 Å². The third-order valence-corrected chi connectivity index (χ3v) is 3.68. The van der Waals surface area contributed by atoms with Gasteiger partial charge in [0.25, 0.3) is 0 Å². The lowest BCUT2D eigenvalue weighted by molar-refractivity contribution is 0.259. The Hall–Kier alpha value is -2.08. The van der Waals surface area contributed by atoms with Crippen LogP contribution in [0.15, 0.2) is 24.3 Å². The van der Waals surface area contributed by atoms with Crippen LogP contribution in [0.2, 0.25) is 0 Å². The van der Waals surface area contributed by atoms with Crippen LogP contribution in [-0.2, 0) is 6.54 Å². The van der Waals surface area contributed by atoms with E-state index in [4.69, 9.17) is 5.73 Å². The number of urea groups is 1. The maximum absolute atomic E-state index is 10.7. The Morgan fingerprint density at radius 2 is 1.89 bits per heavy atom. The third kappa shape index (κ3) is 3.69. The normalized spacial score (nSPS) is 10.2. The summed E-state index contributed by atoms with van der Waals surface area (Å²) in [6.07, 6.45) is 0. The van der Waals surface area contributed by atoms with E-state index in [0.29, 0.717) is 5.69 Å². The number of nitrogens with one attached hydrogen (secondary N) is 2. The van der Waals surface area contributed by atoms with Crippen molar-refractivity contribution in [3.63, 3.8) is 0 Å². The molecule has 5 nitrogen and oxygen atoms in total.